The molecule has 0 amide bonds. The number of benzene rings is 1. The Hall–Kier alpha value is -1.73. The minimum absolute atomic E-state index is 0.219. The first-order chi connectivity index (χ1) is 10.1. The summed E-state index contributed by atoms with van der Waals surface area (Å²) in [5.74, 6) is 0.207. The lowest BCUT2D eigenvalue weighted by Gasteiger charge is -2.11. The quantitative estimate of drug-likeness (QED) is 0.830. The van der Waals surface area contributed by atoms with Crippen LogP contribution in [0.15, 0.2) is 33.2 Å². The van der Waals surface area contributed by atoms with Crippen molar-refractivity contribution in [2.75, 3.05) is 0 Å². The van der Waals surface area contributed by atoms with E-state index in [0.29, 0.717) is 11.8 Å². The molecule has 1 saturated carbocycles. The van der Waals surface area contributed by atoms with E-state index in [1.165, 1.54) is 0 Å². The molecule has 7 heteroatoms. The number of aliphatic carboxylic acids is 1. The van der Waals surface area contributed by atoms with Crippen LogP contribution >= 0.6 is 15.9 Å². The van der Waals surface area contributed by atoms with Crippen LogP contribution in [0.2, 0.25) is 0 Å². The molecule has 21 heavy (non-hydrogen) atoms. The molecular weight excluding hydrogens is 338 g/mol. The Labute approximate surface area is 129 Å². The second-order valence-corrected chi connectivity index (χ2v) is 5.96. The van der Waals surface area contributed by atoms with Crippen LogP contribution < -0.4 is 5.32 Å². The van der Waals surface area contributed by atoms with E-state index in [2.05, 4.69) is 31.4 Å². The SMILES string of the molecule is O=C(O)C(NCc1nnc(-c2ccc(Br)cc2)o1)C1CC1. The molecule has 1 aromatic heterocycles. The van der Waals surface area contributed by atoms with Crippen LogP contribution in [0, 0.1) is 5.92 Å². The van der Waals surface area contributed by atoms with Crippen LogP contribution in [0.3, 0.4) is 0 Å². The Morgan fingerprint density at radius 2 is 2.10 bits per heavy atom. The number of carboxylic acids is 1. The standard InChI is InChI=1S/C14H14BrN3O3/c15-10-5-3-9(4-6-10)13-18-17-11(21-13)7-16-12(14(19)20)8-1-2-8/h3-6,8,12,16H,1-2,7H2,(H,19,20). The fourth-order valence-electron chi connectivity index (χ4n) is 2.12. The zero-order chi connectivity index (χ0) is 14.8. The second-order valence-electron chi connectivity index (χ2n) is 5.04. The van der Waals surface area contributed by atoms with Crippen LogP contribution in [0.1, 0.15) is 18.7 Å². The summed E-state index contributed by atoms with van der Waals surface area (Å²) in [6.45, 7) is 0.261. The van der Waals surface area contributed by atoms with E-state index in [0.717, 1.165) is 22.9 Å². The van der Waals surface area contributed by atoms with Crippen LogP contribution in [-0.2, 0) is 11.3 Å². The van der Waals surface area contributed by atoms with Crippen LogP contribution in [0.5, 0.6) is 0 Å². The molecule has 1 aliphatic rings. The Balaban J connectivity index is 1.64. The number of aromatic nitrogens is 2. The molecule has 3 rings (SSSR count). The topological polar surface area (TPSA) is 88.2 Å². The summed E-state index contributed by atoms with van der Waals surface area (Å²) in [5, 5.41) is 20.0. The molecule has 0 spiro atoms. The van der Waals surface area contributed by atoms with E-state index in [1.54, 1.807) is 0 Å². The largest absolute Gasteiger partial charge is 0.480 e. The summed E-state index contributed by atoms with van der Waals surface area (Å²) in [7, 11) is 0. The number of carbonyl (C=O) groups is 1. The summed E-state index contributed by atoms with van der Waals surface area (Å²) in [4.78, 5) is 11.1. The van der Waals surface area contributed by atoms with Crippen LogP contribution in [0.25, 0.3) is 11.5 Å². The van der Waals surface area contributed by atoms with Gasteiger partial charge in [-0.15, -0.1) is 10.2 Å². The van der Waals surface area contributed by atoms with Crippen molar-refractivity contribution in [1.82, 2.24) is 15.5 Å². The van der Waals surface area contributed by atoms with Crippen molar-refractivity contribution in [2.45, 2.75) is 25.4 Å². The number of rotatable bonds is 6. The lowest BCUT2D eigenvalue weighted by molar-refractivity contribution is -0.140. The maximum absolute atomic E-state index is 11.1. The number of nitrogens with one attached hydrogen (secondary N) is 1. The molecule has 110 valence electrons. The van der Waals surface area contributed by atoms with Gasteiger partial charge in [0.2, 0.25) is 11.8 Å². The summed E-state index contributed by atoms with van der Waals surface area (Å²) < 4.78 is 6.52. The molecule has 1 atom stereocenters. The number of hydrogen-bond acceptors (Lipinski definition) is 5. The summed E-state index contributed by atoms with van der Waals surface area (Å²) in [6, 6.07) is 7.00. The Morgan fingerprint density at radius 1 is 1.38 bits per heavy atom. The maximum Gasteiger partial charge on any atom is 0.320 e. The molecule has 1 unspecified atom stereocenters. The first-order valence-corrected chi connectivity index (χ1v) is 7.47. The van der Waals surface area contributed by atoms with Gasteiger partial charge in [0, 0.05) is 10.0 Å². The second kappa shape index (κ2) is 5.95. The van der Waals surface area contributed by atoms with E-state index in [4.69, 9.17) is 9.52 Å². The minimum atomic E-state index is -0.829. The first kappa shape index (κ1) is 14.2. The third kappa shape index (κ3) is 3.48. The fraction of sp³-hybridized carbons (Fsp3) is 0.357. The summed E-state index contributed by atoms with van der Waals surface area (Å²) in [6.07, 6.45) is 1.91. The van der Waals surface area contributed by atoms with Crippen molar-refractivity contribution in [1.29, 1.82) is 0 Å². The van der Waals surface area contributed by atoms with E-state index in [-0.39, 0.29) is 12.5 Å². The maximum atomic E-state index is 11.1. The zero-order valence-electron chi connectivity index (χ0n) is 11.1. The molecule has 2 N–H and O–H groups in total. The molecule has 1 aliphatic carbocycles. The van der Waals surface area contributed by atoms with Gasteiger partial charge in [-0.2, -0.15) is 0 Å². The average molecular weight is 352 g/mol. The van der Waals surface area contributed by atoms with E-state index >= 15 is 0 Å². The molecular formula is C14H14BrN3O3. The normalized spacial score (nSPS) is 15.9. The van der Waals surface area contributed by atoms with Crippen LogP contribution in [0.4, 0.5) is 0 Å². The van der Waals surface area contributed by atoms with Crippen LogP contribution in [-0.4, -0.2) is 27.3 Å². The monoisotopic (exact) mass is 351 g/mol. The highest BCUT2D eigenvalue weighted by Crippen LogP contribution is 2.32. The third-order valence-corrected chi connectivity index (χ3v) is 3.92. The number of carboxylic acid groups (broad SMARTS) is 1. The Kier molecular flexibility index (Phi) is 4.03. The highest BCUT2D eigenvalue weighted by Gasteiger charge is 2.36. The molecule has 0 bridgehead atoms. The first-order valence-electron chi connectivity index (χ1n) is 6.68. The van der Waals surface area contributed by atoms with Gasteiger partial charge in [-0.05, 0) is 43.0 Å². The zero-order valence-corrected chi connectivity index (χ0v) is 12.7. The molecule has 0 saturated heterocycles. The van der Waals surface area contributed by atoms with Gasteiger partial charge in [0.1, 0.15) is 6.04 Å². The molecule has 0 radical (unpaired) electrons. The van der Waals surface area contributed by atoms with Crippen molar-refractivity contribution in [3.8, 4) is 11.5 Å². The predicted molar refractivity (Wildman–Crippen MR) is 78.4 cm³/mol. The summed E-state index contributed by atoms with van der Waals surface area (Å²) >= 11 is 3.36. The van der Waals surface area contributed by atoms with E-state index in [9.17, 15) is 4.79 Å². The number of halogens is 1. The van der Waals surface area contributed by atoms with E-state index < -0.39 is 12.0 Å². The van der Waals surface area contributed by atoms with Crippen molar-refractivity contribution in [3.05, 3.63) is 34.6 Å². The minimum Gasteiger partial charge on any atom is -0.480 e. The smallest absolute Gasteiger partial charge is 0.320 e. The molecule has 1 heterocycles. The van der Waals surface area contributed by atoms with Gasteiger partial charge in [0.15, 0.2) is 0 Å². The molecule has 1 fully saturated rings. The number of nitrogens with zero attached hydrogens (tertiary/aromatic N) is 2. The van der Waals surface area contributed by atoms with Gasteiger partial charge in [-0.3, -0.25) is 10.1 Å². The highest BCUT2D eigenvalue weighted by molar-refractivity contribution is 9.10. The third-order valence-electron chi connectivity index (χ3n) is 3.39. The molecule has 1 aromatic carbocycles. The fourth-order valence-corrected chi connectivity index (χ4v) is 2.38. The number of hydrogen-bond donors (Lipinski definition) is 2. The average Bonchev–Trinajstić information content (AvgIpc) is 3.18. The highest BCUT2D eigenvalue weighted by atomic mass is 79.9. The van der Waals surface area contributed by atoms with Crippen molar-refractivity contribution >= 4 is 21.9 Å². The lowest BCUT2D eigenvalue weighted by Crippen LogP contribution is -2.38. The van der Waals surface area contributed by atoms with Gasteiger partial charge >= 0.3 is 5.97 Å². The van der Waals surface area contributed by atoms with Gasteiger partial charge in [0.25, 0.3) is 0 Å². The Morgan fingerprint density at radius 3 is 2.71 bits per heavy atom. The Bertz CT molecular complexity index is 637. The van der Waals surface area contributed by atoms with Crippen molar-refractivity contribution in [2.24, 2.45) is 5.92 Å². The van der Waals surface area contributed by atoms with Gasteiger partial charge in [0.05, 0.1) is 6.54 Å². The summed E-state index contributed by atoms with van der Waals surface area (Å²) in [5.41, 5.74) is 0.828. The predicted octanol–water partition coefficient (Wildman–Crippen LogP) is 2.45. The van der Waals surface area contributed by atoms with Crippen molar-refractivity contribution in [3.63, 3.8) is 0 Å². The molecule has 6 nitrogen and oxygen atoms in total. The lowest BCUT2D eigenvalue weighted by atomic mass is 10.2. The molecule has 0 aliphatic heterocycles. The van der Waals surface area contributed by atoms with E-state index in [1.807, 2.05) is 24.3 Å². The van der Waals surface area contributed by atoms with Gasteiger partial charge in [-0.1, -0.05) is 15.9 Å². The molecule has 2 aromatic rings. The van der Waals surface area contributed by atoms with Crippen molar-refractivity contribution < 1.29 is 14.3 Å². The van der Waals surface area contributed by atoms with Gasteiger partial charge in [-0.25, -0.2) is 0 Å². The van der Waals surface area contributed by atoms with Gasteiger partial charge < -0.3 is 9.52 Å².